The van der Waals surface area contributed by atoms with Crippen LogP contribution in [-0.4, -0.2) is 17.9 Å². The molecule has 0 bridgehead atoms. The molecule has 0 atom stereocenters. The molecule has 0 aliphatic carbocycles. The van der Waals surface area contributed by atoms with Gasteiger partial charge >= 0.3 is 0 Å². The van der Waals surface area contributed by atoms with Crippen molar-refractivity contribution in [2.24, 2.45) is 0 Å². The Kier molecular flexibility index (Phi) is 4.20. The highest BCUT2D eigenvalue weighted by Crippen LogP contribution is 2.26. The SMILES string of the molecule is O=[N+]([O-])c1ccc(S(=O)(=O)O)c(Cc2c(F)cccc2F)c1. The first kappa shape index (κ1) is 16.0. The smallest absolute Gasteiger partial charge is 0.282 e. The predicted molar refractivity (Wildman–Crippen MR) is 72.1 cm³/mol. The molecule has 116 valence electrons. The number of rotatable bonds is 4. The van der Waals surface area contributed by atoms with Gasteiger partial charge in [-0.2, -0.15) is 8.42 Å². The molecule has 0 radical (unpaired) electrons. The minimum absolute atomic E-state index is 0.277. The van der Waals surface area contributed by atoms with E-state index in [0.29, 0.717) is 0 Å². The lowest BCUT2D eigenvalue weighted by molar-refractivity contribution is -0.385. The molecule has 0 aliphatic rings. The summed E-state index contributed by atoms with van der Waals surface area (Å²) in [4.78, 5) is 9.32. The number of non-ortho nitro benzene ring substituents is 1. The third kappa shape index (κ3) is 3.26. The van der Waals surface area contributed by atoms with Gasteiger partial charge in [-0.25, -0.2) is 8.78 Å². The molecule has 0 spiro atoms. The van der Waals surface area contributed by atoms with Crippen LogP contribution in [0.5, 0.6) is 0 Å². The summed E-state index contributed by atoms with van der Waals surface area (Å²) in [5.74, 6) is -1.85. The third-order valence-corrected chi connectivity index (χ3v) is 3.92. The molecule has 22 heavy (non-hydrogen) atoms. The van der Waals surface area contributed by atoms with Crippen LogP contribution in [0.2, 0.25) is 0 Å². The summed E-state index contributed by atoms with van der Waals surface area (Å²) in [6, 6.07) is 5.64. The second-order valence-corrected chi connectivity index (χ2v) is 5.79. The fraction of sp³-hybridized carbons (Fsp3) is 0.0769. The molecule has 0 saturated heterocycles. The maximum atomic E-state index is 13.6. The van der Waals surface area contributed by atoms with E-state index in [1.807, 2.05) is 0 Å². The number of nitro groups is 1. The average Bonchev–Trinajstić information content (AvgIpc) is 2.41. The predicted octanol–water partition coefficient (Wildman–Crippen LogP) is 2.71. The van der Waals surface area contributed by atoms with Crippen molar-refractivity contribution >= 4 is 15.8 Å². The van der Waals surface area contributed by atoms with Gasteiger partial charge in [-0.3, -0.25) is 14.7 Å². The van der Waals surface area contributed by atoms with Gasteiger partial charge in [-0.05, 0) is 23.8 Å². The van der Waals surface area contributed by atoms with Crippen LogP contribution in [0, 0.1) is 21.7 Å². The van der Waals surface area contributed by atoms with E-state index in [9.17, 15) is 27.3 Å². The summed E-state index contributed by atoms with van der Waals surface area (Å²) in [6.07, 6.45) is -0.560. The van der Waals surface area contributed by atoms with Crippen molar-refractivity contribution < 1.29 is 26.7 Å². The minimum Gasteiger partial charge on any atom is -0.282 e. The first-order valence-electron chi connectivity index (χ1n) is 5.88. The number of halogens is 2. The lowest BCUT2D eigenvalue weighted by atomic mass is 10.0. The first-order chi connectivity index (χ1) is 10.2. The molecule has 0 heterocycles. The van der Waals surface area contributed by atoms with Gasteiger partial charge in [0, 0.05) is 24.1 Å². The Hall–Kier alpha value is -2.39. The van der Waals surface area contributed by atoms with Crippen molar-refractivity contribution in [3.63, 3.8) is 0 Å². The second-order valence-electron chi connectivity index (χ2n) is 4.40. The lowest BCUT2D eigenvalue weighted by Gasteiger charge is -2.09. The quantitative estimate of drug-likeness (QED) is 0.528. The van der Waals surface area contributed by atoms with E-state index < -0.39 is 49.2 Å². The zero-order valence-corrected chi connectivity index (χ0v) is 11.7. The van der Waals surface area contributed by atoms with Gasteiger partial charge in [0.25, 0.3) is 15.8 Å². The van der Waals surface area contributed by atoms with Gasteiger partial charge in [-0.15, -0.1) is 0 Å². The summed E-state index contributed by atoms with van der Waals surface area (Å²) in [7, 11) is -4.69. The molecule has 2 aromatic rings. The van der Waals surface area contributed by atoms with Crippen LogP contribution in [0.15, 0.2) is 41.3 Å². The molecule has 0 aliphatic heterocycles. The summed E-state index contributed by atoms with van der Waals surface area (Å²) in [6.45, 7) is 0. The summed E-state index contributed by atoms with van der Waals surface area (Å²) >= 11 is 0. The van der Waals surface area contributed by atoms with Crippen LogP contribution in [0.4, 0.5) is 14.5 Å². The largest absolute Gasteiger partial charge is 0.294 e. The van der Waals surface area contributed by atoms with Crippen LogP contribution < -0.4 is 0 Å². The van der Waals surface area contributed by atoms with Crippen molar-refractivity contribution in [1.82, 2.24) is 0 Å². The summed E-state index contributed by atoms with van der Waals surface area (Å²) < 4.78 is 59.0. The van der Waals surface area contributed by atoms with Gasteiger partial charge in [0.05, 0.1) is 9.82 Å². The van der Waals surface area contributed by atoms with Gasteiger partial charge in [0.2, 0.25) is 0 Å². The zero-order chi connectivity index (χ0) is 16.5. The van der Waals surface area contributed by atoms with E-state index in [-0.39, 0.29) is 5.56 Å². The first-order valence-corrected chi connectivity index (χ1v) is 7.32. The fourth-order valence-corrected chi connectivity index (χ4v) is 2.66. The number of hydrogen-bond donors (Lipinski definition) is 1. The van der Waals surface area contributed by atoms with Crippen LogP contribution in [0.3, 0.4) is 0 Å². The molecule has 0 amide bonds. The molecule has 2 aromatic carbocycles. The molecule has 1 N–H and O–H groups in total. The fourth-order valence-electron chi connectivity index (χ4n) is 1.96. The number of nitro benzene ring substituents is 1. The van der Waals surface area contributed by atoms with Crippen LogP contribution in [0.1, 0.15) is 11.1 Å². The van der Waals surface area contributed by atoms with Crippen molar-refractivity contribution in [3.8, 4) is 0 Å². The number of benzene rings is 2. The molecule has 0 fully saturated rings. The van der Waals surface area contributed by atoms with Crippen molar-refractivity contribution in [2.45, 2.75) is 11.3 Å². The Morgan fingerprint density at radius 1 is 1.14 bits per heavy atom. The Morgan fingerprint density at radius 3 is 2.23 bits per heavy atom. The zero-order valence-electron chi connectivity index (χ0n) is 10.9. The highest BCUT2D eigenvalue weighted by molar-refractivity contribution is 7.85. The van der Waals surface area contributed by atoms with E-state index in [1.165, 1.54) is 0 Å². The maximum Gasteiger partial charge on any atom is 0.294 e. The van der Waals surface area contributed by atoms with Crippen LogP contribution >= 0.6 is 0 Å². The average molecular weight is 329 g/mol. The van der Waals surface area contributed by atoms with Crippen LogP contribution in [0.25, 0.3) is 0 Å². The molecular formula is C13H9F2NO5S. The molecule has 0 saturated carbocycles. The second kappa shape index (κ2) is 5.78. The highest BCUT2D eigenvalue weighted by Gasteiger charge is 2.21. The molecule has 9 heteroatoms. The monoisotopic (exact) mass is 329 g/mol. The number of hydrogen-bond acceptors (Lipinski definition) is 4. The maximum absolute atomic E-state index is 13.6. The van der Waals surface area contributed by atoms with Crippen LogP contribution in [-0.2, 0) is 16.5 Å². The van der Waals surface area contributed by atoms with Gasteiger partial charge in [0.15, 0.2) is 0 Å². The molecule has 2 rings (SSSR count). The molecule has 0 aromatic heterocycles. The summed E-state index contributed by atoms with van der Waals surface area (Å²) in [5, 5.41) is 10.7. The van der Waals surface area contributed by atoms with Crippen molar-refractivity contribution in [2.75, 3.05) is 0 Å². The van der Waals surface area contributed by atoms with E-state index in [4.69, 9.17) is 4.55 Å². The molecule has 0 unspecified atom stereocenters. The van der Waals surface area contributed by atoms with E-state index in [1.54, 1.807) is 0 Å². The van der Waals surface area contributed by atoms with E-state index in [0.717, 1.165) is 36.4 Å². The minimum atomic E-state index is -4.69. The highest BCUT2D eigenvalue weighted by atomic mass is 32.2. The van der Waals surface area contributed by atoms with E-state index in [2.05, 4.69) is 0 Å². The van der Waals surface area contributed by atoms with Gasteiger partial charge < -0.3 is 0 Å². The summed E-state index contributed by atoms with van der Waals surface area (Å²) in [5.41, 5.74) is -1.19. The Morgan fingerprint density at radius 2 is 1.73 bits per heavy atom. The normalized spacial score (nSPS) is 11.4. The van der Waals surface area contributed by atoms with E-state index >= 15 is 0 Å². The Labute approximate surface area is 123 Å². The van der Waals surface area contributed by atoms with Crippen molar-refractivity contribution in [1.29, 1.82) is 0 Å². The number of nitrogens with zero attached hydrogens (tertiary/aromatic N) is 1. The Balaban J connectivity index is 2.62. The van der Waals surface area contributed by atoms with Crippen molar-refractivity contribution in [3.05, 3.63) is 69.3 Å². The molecule has 6 nitrogen and oxygen atoms in total. The van der Waals surface area contributed by atoms with Gasteiger partial charge in [0.1, 0.15) is 11.6 Å². The lowest BCUT2D eigenvalue weighted by Crippen LogP contribution is -2.06. The standard InChI is InChI=1S/C13H9F2NO5S/c14-11-2-1-3-12(15)10(11)7-8-6-9(16(17)18)4-5-13(8)22(19,20)21/h1-6H,7H2,(H,19,20,21). The third-order valence-electron chi connectivity index (χ3n) is 2.96. The Bertz CT molecular complexity index is 831. The van der Waals surface area contributed by atoms with Gasteiger partial charge in [-0.1, -0.05) is 6.07 Å². The topological polar surface area (TPSA) is 97.5 Å². The molecular weight excluding hydrogens is 320 g/mol.